The lowest BCUT2D eigenvalue weighted by Crippen LogP contribution is -1.74. The minimum absolute atomic E-state index is 1.10. The summed E-state index contributed by atoms with van der Waals surface area (Å²) in [6.45, 7) is 2.22. The maximum Gasteiger partial charge on any atom is 0.156 e. The summed E-state index contributed by atoms with van der Waals surface area (Å²) in [6.07, 6.45) is 11.0. The summed E-state index contributed by atoms with van der Waals surface area (Å²) in [5.41, 5.74) is 0. The number of hydrogen-bond donors (Lipinski definition) is 0. The molecule has 0 saturated carbocycles. The van der Waals surface area contributed by atoms with Crippen LogP contribution in [-0.4, -0.2) is 7.11 Å². The Morgan fingerprint density at radius 1 is 1.30 bits per heavy atom. The van der Waals surface area contributed by atoms with Crippen LogP contribution in [0.3, 0.4) is 0 Å². The molecule has 0 bridgehead atoms. The van der Waals surface area contributed by atoms with E-state index in [2.05, 4.69) is 17.9 Å². The van der Waals surface area contributed by atoms with E-state index in [1.165, 1.54) is 25.7 Å². The van der Waals surface area contributed by atoms with Crippen LogP contribution in [0.25, 0.3) is 0 Å². The smallest absolute Gasteiger partial charge is 0.156 e. The molecule has 0 saturated heterocycles. The summed E-state index contributed by atoms with van der Waals surface area (Å²) in [5.74, 6) is 0. The van der Waals surface area contributed by atoms with Gasteiger partial charge in [0.1, 0.15) is 0 Å². The minimum atomic E-state index is 1.10. The molecule has 0 amide bonds. The fourth-order valence-corrected chi connectivity index (χ4v) is 0.815. The average molecular weight is 141 g/mol. The van der Waals surface area contributed by atoms with Crippen molar-refractivity contribution in [2.24, 2.45) is 0 Å². The zero-order chi connectivity index (χ0) is 7.66. The first-order valence-electron chi connectivity index (χ1n) is 4.02. The fourth-order valence-electron chi connectivity index (χ4n) is 0.815. The molecule has 0 aromatic heterocycles. The molecule has 0 atom stereocenters. The van der Waals surface area contributed by atoms with Gasteiger partial charge in [-0.2, -0.15) is 0 Å². The summed E-state index contributed by atoms with van der Waals surface area (Å²) in [5, 5.41) is 0. The second-order valence-electron chi connectivity index (χ2n) is 2.38. The van der Waals surface area contributed by atoms with E-state index in [1.54, 1.807) is 7.11 Å². The largest absolute Gasteiger partial charge is 0.493 e. The second-order valence-corrected chi connectivity index (χ2v) is 2.38. The van der Waals surface area contributed by atoms with Gasteiger partial charge in [0.05, 0.1) is 7.11 Å². The zero-order valence-electron chi connectivity index (χ0n) is 7.02. The lowest BCUT2D eigenvalue weighted by molar-refractivity contribution is 0.311. The Morgan fingerprint density at radius 3 is 2.70 bits per heavy atom. The van der Waals surface area contributed by atoms with E-state index in [9.17, 15) is 0 Å². The van der Waals surface area contributed by atoms with Gasteiger partial charge in [0, 0.05) is 0 Å². The first-order chi connectivity index (χ1) is 4.91. The SMILES string of the molecule is CCCCCC/C=[C]\OC. The van der Waals surface area contributed by atoms with Gasteiger partial charge in [-0.15, -0.1) is 0 Å². The number of ether oxygens (including phenoxy) is 1. The highest BCUT2D eigenvalue weighted by Gasteiger charge is 1.83. The normalized spacial score (nSPS) is 10.6. The van der Waals surface area contributed by atoms with Crippen molar-refractivity contribution in [3.05, 3.63) is 12.3 Å². The summed E-state index contributed by atoms with van der Waals surface area (Å²) >= 11 is 0. The third-order valence-electron chi connectivity index (χ3n) is 1.40. The van der Waals surface area contributed by atoms with Crippen LogP contribution in [0.15, 0.2) is 6.08 Å². The number of unbranched alkanes of at least 4 members (excludes halogenated alkanes) is 4. The molecule has 59 valence electrons. The molecule has 1 radical (unpaired) electrons. The van der Waals surface area contributed by atoms with Crippen molar-refractivity contribution < 1.29 is 4.74 Å². The molecule has 0 rings (SSSR count). The lowest BCUT2D eigenvalue weighted by atomic mass is 10.2. The van der Waals surface area contributed by atoms with Gasteiger partial charge in [-0.25, -0.2) is 0 Å². The molecule has 0 spiro atoms. The highest BCUT2D eigenvalue weighted by atomic mass is 16.5. The average Bonchev–Trinajstić information content (AvgIpc) is 1.97. The van der Waals surface area contributed by atoms with Crippen molar-refractivity contribution in [1.29, 1.82) is 0 Å². The third-order valence-corrected chi connectivity index (χ3v) is 1.40. The van der Waals surface area contributed by atoms with Gasteiger partial charge < -0.3 is 4.74 Å². The maximum atomic E-state index is 4.64. The van der Waals surface area contributed by atoms with Crippen LogP contribution in [0.2, 0.25) is 0 Å². The van der Waals surface area contributed by atoms with Gasteiger partial charge in [-0.1, -0.05) is 26.2 Å². The van der Waals surface area contributed by atoms with E-state index in [4.69, 9.17) is 0 Å². The molecule has 1 nitrogen and oxygen atoms in total. The molecule has 0 unspecified atom stereocenters. The molecule has 1 heteroatoms. The van der Waals surface area contributed by atoms with Crippen LogP contribution in [-0.2, 0) is 4.74 Å². The maximum absolute atomic E-state index is 4.64. The van der Waals surface area contributed by atoms with Crippen molar-refractivity contribution >= 4 is 0 Å². The quantitative estimate of drug-likeness (QED) is 0.408. The standard InChI is InChI=1S/C9H17O/c1-3-4-5-6-7-8-9-10-2/h8H,3-7H2,1-2H3. The highest BCUT2D eigenvalue weighted by molar-refractivity contribution is 4.66. The van der Waals surface area contributed by atoms with E-state index in [0.29, 0.717) is 0 Å². The summed E-state index contributed by atoms with van der Waals surface area (Å²) in [4.78, 5) is 0. The first-order valence-corrected chi connectivity index (χ1v) is 4.02. The monoisotopic (exact) mass is 141 g/mol. The second kappa shape index (κ2) is 8.54. The molecule has 0 heterocycles. The summed E-state index contributed by atoms with van der Waals surface area (Å²) in [6, 6.07) is 0. The minimum Gasteiger partial charge on any atom is -0.493 e. The molecule has 0 aromatic rings. The van der Waals surface area contributed by atoms with Crippen molar-refractivity contribution in [3.63, 3.8) is 0 Å². The molecule has 0 aliphatic carbocycles. The van der Waals surface area contributed by atoms with Gasteiger partial charge in [0.2, 0.25) is 0 Å². The molecular formula is C9H17O. The van der Waals surface area contributed by atoms with Crippen molar-refractivity contribution in [2.75, 3.05) is 7.11 Å². The zero-order valence-corrected chi connectivity index (χ0v) is 7.02. The van der Waals surface area contributed by atoms with Crippen molar-refractivity contribution in [3.8, 4) is 0 Å². The van der Waals surface area contributed by atoms with Crippen molar-refractivity contribution in [1.82, 2.24) is 0 Å². The lowest BCUT2D eigenvalue weighted by Gasteiger charge is -1.92. The van der Waals surface area contributed by atoms with Crippen LogP contribution in [0, 0.1) is 6.26 Å². The van der Waals surface area contributed by atoms with E-state index < -0.39 is 0 Å². The Morgan fingerprint density at radius 2 is 2.10 bits per heavy atom. The van der Waals surface area contributed by atoms with E-state index in [0.717, 1.165) is 6.42 Å². The van der Waals surface area contributed by atoms with Gasteiger partial charge in [0.25, 0.3) is 0 Å². The topological polar surface area (TPSA) is 9.23 Å². The molecule has 0 aliphatic heterocycles. The molecule has 0 aliphatic rings. The van der Waals surface area contributed by atoms with Crippen LogP contribution < -0.4 is 0 Å². The van der Waals surface area contributed by atoms with Crippen LogP contribution in [0.1, 0.15) is 39.0 Å². The molecule has 0 fully saturated rings. The summed E-state index contributed by atoms with van der Waals surface area (Å²) < 4.78 is 4.64. The number of rotatable bonds is 6. The van der Waals surface area contributed by atoms with Gasteiger partial charge >= 0.3 is 0 Å². The Hall–Kier alpha value is -0.460. The number of methoxy groups -OCH3 is 1. The molecule has 0 aromatic carbocycles. The van der Waals surface area contributed by atoms with E-state index in [1.807, 2.05) is 6.08 Å². The molecule has 10 heavy (non-hydrogen) atoms. The predicted molar refractivity (Wildman–Crippen MR) is 43.6 cm³/mol. The molecule has 0 N–H and O–H groups in total. The van der Waals surface area contributed by atoms with Gasteiger partial charge in [-0.3, -0.25) is 0 Å². The highest BCUT2D eigenvalue weighted by Crippen LogP contribution is 2.02. The Balaban J connectivity index is 2.83. The Bertz CT molecular complexity index is 76.8. The Kier molecular flexibility index (Phi) is 8.15. The van der Waals surface area contributed by atoms with Crippen molar-refractivity contribution in [2.45, 2.75) is 39.0 Å². The fraction of sp³-hybridized carbons (Fsp3) is 0.778. The summed E-state index contributed by atoms with van der Waals surface area (Å²) in [7, 11) is 1.63. The number of hydrogen-bond acceptors (Lipinski definition) is 1. The molecular weight excluding hydrogens is 124 g/mol. The van der Waals surface area contributed by atoms with Gasteiger partial charge in [-0.05, 0) is 18.9 Å². The van der Waals surface area contributed by atoms with Crippen LogP contribution in [0.4, 0.5) is 0 Å². The predicted octanol–water partition coefficient (Wildman–Crippen LogP) is 2.92. The number of allylic oxidation sites excluding steroid dienone is 1. The van der Waals surface area contributed by atoms with Crippen LogP contribution >= 0.6 is 0 Å². The van der Waals surface area contributed by atoms with Crippen LogP contribution in [0.5, 0.6) is 0 Å². The van der Waals surface area contributed by atoms with Gasteiger partial charge in [0.15, 0.2) is 6.26 Å². The third kappa shape index (κ3) is 7.54. The van der Waals surface area contributed by atoms with E-state index >= 15 is 0 Å². The van der Waals surface area contributed by atoms with E-state index in [-0.39, 0.29) is 0 Å². The Labute approximate surface area is 64.1 Å². The first kappa shape index (κ1) is 9.54.